The van der Waals surface area contributed by atoms with Gasteiger partial charge in [0.2, 0.25) is 0 Å². The first-order valence-electron chi connectivity index (χ1n) is 9.09. The minimum Gasteiger partial charge on any atom is -0.452 e. The number of nitrogens with zero attached hydrogens (tertiary/aromatic N) is 1. The number of amides is 1. The molecule has 3 aromatic rings. The van der Waals surface area contributed by atoms with Crippen LogP contribution in [0.3, 0.4) is 0 Å². The highest BCUT2D eigenvalue weighted by Crippen LogP contribution is 2.29. The van der Waals surface area contributed by atoms with Gasteiger partial charge in [0, 0.05) is 13.1 Å². The monoisotopic (exact) mass is 347 g/mol. The van der Waals surface area contributed by atoms with Crippen LogP contribution in [0.4, 0.5) is 0 Å². The Balaban J connectivity index is 1.64. The van der Waals surface area contributed by atoms with E-state index in [1.165, 1.54) is 0 Å². The van der Waals surface area contributed by atoms with Crippen molar-refractivity contribution in [2.24, 2.45) is 0 Å². The molecule has 4 heteroatoms. The SMILES string of the molecule is O=C(OCC(=O)N1CCCCC1)c1c2ccccc2cc2ccccc12. The zero-order valence-electron chi connectivity index (χ0n) is 14.6. The lowest BCUT2D eigenvalue weighted by molar-refractivity contribution is -0.135. The minimum absolute atomic E-state index is 0.109. The molecule has 0 N–H and O–H groups in total. The number of piperidine rings is 1. The van der Waals surface area contributed by atoms with Gasteiger partial charge in [-0.15, -0.1) is 0 Å². The summed E-state index contributed by atoms with van der Waals surface area (Å²) < 4.78 is 5.43. The molecule has 1 fully saturated rings. The summed E-state index contributed by atoms with van der Waals surface area (Å²) in [7, 11) is 0. The molecule has 0 saturated carbocycles. The zero-order chi connectivity index (χ0) is 17.9. The first-order valence-corrected chi connectivity index (χ1v) is 9.09. The summed E-state index contributed by atoms with van der Waals surface area (Å²) >= 11 is 0. The molecule has 0 unspecified atom stereocenters. The van der Waals surface area contributed by atoms with Crippen LogP contribution in [0.5, 0.6) is 0 Å². The Kier molecular flexibility index (Phi) is 4.57. The second-order valence-electron chi connectivity index (χ2n) is 6.71. The standard InChI is InChI=1S/C22H21NO3/c24-20(23-12-6-1-7-13-23)15-26-22(25)21-18-10-4-2-8-16(18)14-17-9-3-5-11-19(17)21/h2-5,8-11,14H,1,6-7,12-13,15H2. The Morgan fingerprint density at radius 3 is 2.04 bits per heavy atom. The van der Waals surface area contributed by atoms with E-state index >= 15 is 0 Å². The van der Waals surface area contributed by atoms with Crippen LogP contribution in [-0.4, -0.2) is 36.5 Å². The number of ether oxygens (including phenoxy) is 1. The predicted octanol–water partition coefficient (Wildman–Crippen LogP) is 4.16. The quantitative estimate of drug-likeness (QED) is 0.528. The van der Waals surface area contributed by atoms with Crippen molar-refractivity contribution < 1.29 is 14.3 Å². The first kappa shape index (κ1) is 16.6. The van der Waals surface area contributed by atoms with Crippen LogP contribution in [0.15, 0.2) is 54.6 Å². The maximum atomic E-state index is 12.9. The van der Waals surface area contributed by atoms with Gasteiger partial charge in [0.25, 0.3) is 5.91 Å². The van der Waals surface area contributed by atoms with Crippen LogP contribution in [0, 0.1) is 0 Å². The van der Waals surface area contributed by atoms with Crippen LogP contribution < -0.4 is 0 Å². The van der Waals surface area contributed by atoms with E-state index < -0.39 is 5.97 Å². The van der Waals surface area contributed by atoms with E-state index in [-0.39, 0.29) is 12.5 Å². The summed E-state index contributed by atoms with van der Waals surface area (Å²) in [5, 5.41) is 3.67. The van der Waals surface area contributed by atoms with E-state index in [0.717, 1.165) is 53.9 Å². The molecule has 132 valence electrons. The highest BCUT2D eigenvalue weighted by Gasteiger charge is 2.20. The van der Waals surface area contributed by atoms with E-state index in [2.05, 4.69) is 6.07 Å². The summed E-state index contributed by atoms with van der Waals surface area (Å²) in [5.74, 6) is -0.550. The predicted molar refractivity (Wildman–Crippen MR) is 102 cm³/mol. The molecule has 0 spiro atoms. The maximum Gasteiger partial charge on any atom is 0.339 e. The number of fused-ring (bicyclic) bond motifs is 2. The number of carbonyl (C=O) groups excluding carboxylic acids is 2. The van der Waals surface area contributed by atoms with Gasteiger partial charge >= 0.3 is 5.97 Å². The van der Waals surface area contributed by atoms with Crippen LogP contribution >= 0.6 is 0 Å². The molecular weight excluding hydrogens is 326 g/mol. The molecule has 0 atom stereocenters. The molecule has 1 saturated heterocycles. The number of esters is 1. The van der Waals surface area contributed by atoms with E-state index in [0.29, 0.717) is 5.56 Å². The Labute approximate surface area is 152 Å². The van der Waals surface area contributed by atoms with Crippen molar-refractivity contribution >= 4 is 33.4 Å². The molecule has 4 nitrogen and oxygen atoms in total. The molecule has 3 aromatic carbocycles. The van der Waals surface area contributed by atoms with Crippen LogP contribution in [-0.2, 0) is 9.53 Å². The third-order valence-electron chi connectivity index (χ3n) is 5.01. The number of hydrogen-bond donors (Lipinski definition) is 0. The first-order chi connectivity index (χ1) is 12.7. The van der Waals surface area contributed by atoms with Gasteiger partial charge in [-0.1, -0.05) is 48.5 Å². The van der Waals surface area contributed by atoms with E-state index in [9.17, 15) is 9.59 Å². The van der Waals surface area contributed by atoms with E-state index in [4.69, 9.17) is 4.74 Å². The van der Waals surface area contributed by atoms with Gasteiger partial charge in [-0.2, -0.15) is 0 Å². The third-order valence-corrected chi connectivity index (χ3v) is 5.01. The zero-order valence-corrected chi connectivity index (χ0v) is 14.6. The largest absolute Gasteiger partial charge is 0.452 e. The second kappa shape index (κ2) is 7.16. The number of likely N-dealkylation sites (tertiary alicyclic amines) is 1. The fourth-order valence-corrected chi connectivity index (χ4v) is 3.67. The average molecular weight is 347 g/mol. The molecule has 4 rings (SSSR count). The van der Waals surface area contributed by atoms with Crippen molar-refractivity contribution in [1.82, 2.24) is 4.90 Å². The van der Waals surface area contributed by atoms with Gasteiger partial charge in [-0.25, -0.2) is 4.79 Å². The molecule has 0 radical (unpaired) electrons. The molecule has 1 amide bonds. The van der Waals surface area contributed by atoms with Gasteiger partial charge in [0.1, 0.15) is 0 Å². The van der Waals surface area contributed by atoms with Gasteiger partial charge in [-0.05, 0) is 46.9 Å². The van der Waals surface area contributed by atoms with Crippen molar-refractivity contribution in [1.29, 1.82) is 0 Å². The highest BCUT2D eigenvalue weighted by atomic mass is 16.5. The topological polar surface area (TPSA) is 46.6 Å². The van der Waals surface area contributed by atoms with Crippen molar-refractivity contribution in [3.63, 3.8) is 0 Å². The highest BCUT2D eigenvalue weighted by molar-refractivity contribution is 6.16. The summed E-state index contributed by atoms with van der Waals surface area (Å²) in [6.45, 7) is 1.32. The Morgan fingerprint density at radius 1 is 0.846 bits per heavy atom. The fourth-order valence-electron chi connectivity index (χ4n) is 3.67. The molecule has 0 aliphatic carbocycles. The summed E-state index contributed by atoms with van der Waals surface area (Å²) in [5.41, 5.74) is 0.533. The smallest absolute Gasteiger partial charge is 0.339 e. The summed E-state index contributed by atoms with van der Waals surface area (Å²) in [4.78, 5) is 27.0. The van der Waals surface area contributed by atoms with Crippen molar-refractivity contribution in [3.8, 4) is 0 Å². The molecule has 1 aliphatic rings. The van der Waals surface area contributed by atoms with Gasteiger partial charge < -0.3 is 9.64 Å². The lowest BCUT2D eigenvalue weighted by Gasteiger charge is -2.26. The lowest BCUT2D eigenvalue weighted by Crippen LogP contribution is -2.38. The van der Waals surface area contributed by atoms with Crippen molar-refractivity contribution in [2.75, 3.05) is 19.7 Å². The minimum atomic E-state index is -0.441. The van der Waals surface area contributed by atoms with Crippen LogP contribution in [0.25, 0.3) is 21.5 Å². The molecular formula is C22H21NO3. The Morgan fingerprint density at radius 2 is 1.42 bits per heavy atom. The third kappa shape index (κ3) is 3.15. The van der Waals surface area contributed by atoms with Crippen molar-refractivity contribution in [3.05, 3.63) is 60.2 Å². The van der Waals surface area contributed by atoms with Gasteiger partial charge in [-0.3, -0.25) is 4.79 Å². The average Bonchev–Trinajstić information content (AvgIpc) is 2.70. The normalized spacial score (nSPS) is 14.5. The number of hydrogen-bond acceptors (Lipinski definition) is 3. The van der Waals surface area contributed by atoms with Gasteiger partial charge in [0.05, 0.1) is 5.56 Å². The molecule has 26 heavy (non-hydrogen) atoms. The molecule has 0 bridgehead atoms. The molecule has 0 aromatic heterocycles. The van der Waals surface area contributed by atoms with Crippen LogP contribution in [0.2, 0.25) is 0 Å². The fraction of sp³-hybridized carbons (Fsp3) is 0.273. The van der Waals surface area contributed by atoms with Crippen molar-refractivity contribution in [2.45, 2.75) is 19.3 Å². The second-order valence-corrected chi connectivity index (χ2v) is 6.71. The number of benzene rings is 3. The van der Waals surface area contributed by atoms with Crippen LogP contribution in [0.1, 0.15) is 29.6 Å². The Hall–Kier alpha value is -2.88. The number of carbonyl (C=O) groups is 2. The van der Waals surface area contributed by atoms with Gasteiger partial charge in [0.15, 0.2) is 6.61 Å². The lowest BCUT2D eigenvalue weighted by atomic mass is 9.97. The molecule has 1 heterocycles. The van der Waals surface area contributed by atoms with E-state index in [1.54, 1.807) is 4.90 Å². The Bertz CT molecular complexity index is 919. The summed E-state index contributed by atoms with van der Waals surface area (Å²) in [6, 6.07) is 17.6. The number of rotatable bonds is 3. The van der Waals surface area contributed by atoms with E-state index in [1.807, 2.05) is 48.5 Å². The summed E-state index contributed by atoms with van der Waals surface area (Å²) in [6.07, 6.45) is 3.20. The maximum absolute atomic E-state index is 12.9. The molecule has 1 aliphatic heterocycles.